The van der Waals surface area contributed by atoms with Crippen LogP contribution < -0.4 is 5.32 Å². The SMILES string of the molecule is CCCCCNC(=S)C1C(=O)N(C)C(=S)N(C)C1=O. The third-order valence-corrected chi connectivity index (χ3v) is 4.00. The van der Waals surface area contributed by atoms with Gasteiger partial charge in [-0.2, -0.15) is 0 Å². The fraction of sp³-hybridized carbons (Fsp3) is 0.667. The maximum atomic E-state index is 12.1. The molecule has 0 aliphatic carbocycles. The Labute approximate surface area is 124 Å². The summed E-state index contributed by atoms with van der Waals surface area (Å²) in [5.74, 6) is -1.67. The van der Waals surface area contributed by atoms with Crippen molar-refractivity contribution in [1.29, 1.82) is 0 Å². The highest BCUT2D eigenvalue weighted by molar-refractivity contribution is 7.80. The highest BCUT2D eigenvalue weighted by atomic mass is 32.1. The molecule has 0 aromatic heterocycles. The predicted octanol–water partition coefficient (Wildman–Crippen LogP) is 0.925. The molecule has 1 aliphatic rings. The van der Waals surface area contributed by atoms with Crippen molar-refractivity contribution in [3.8, 4) is 0 Å². The molecule has 19 heavy (non-hydrogen) atoms. The largest absolute Gasteiger partial charge is 0.379 e. The number of amides is 2. The highest BCUT2D eigenvalue weighted by Gasteiger charge is 2.42. The van der Waals surface area contributed by atoms with Crippen molar-refractivity contribution in [3.63, 3.8) is 0 Å². The van der Waals surface area contributed by atoms with Crippen molar-refractivity contribution < 1.29 is 9.59 Å². The lowest BCUT2D eigenvalue weighted by atomic mass is 10.0. The van der Waals surface area contributed by atoms with Crippen LogP contribution in [-0.4, -0.2) is 52.4 Å². The van der Waals surface area contributed by atoms with Gasteiger partial charge in [0.25, 0.3) is 0 Å². The summed E-state index contributed by atoms with van der Waals surface area (Å²) in [6.45, 7) is 2.79. The van der Waals surface area contributed by atoms with Gasteiger partial charge in [-0.3, -0.25) is 19.4 Å². The number of nitrogens with one attached hydrogen (secondary N) is 1. The van der Waals surface area contributed by atoms with Crippen LogP contribution in [0.4, 0.5) is 0 Å². The standard InChI is InChI=1S/C12H19N3O2S2/c1-4-5-6-7-13-9(18)8-10(16)14(2)12(19)15(3)11(8)17/h8H,4-7H2,1-3H3,(H,13,18). The molecule has 0 unspecified atom stereocenters. The van der Waals surface area contributed by atoms with Crippen LogP contribution >= 0.6 is 24.4 Å². The fourth-order valence-corrected chi connectivity index (χ4v) is 2.30. The van der Waals surface area contributed by atoms with Crippen molar-refractivity contribution >= 4 is 46.4 Å². The van der Waals surface area contributed by atoms with Crippen molar-refractivity contribution in [2.24, 2.45) is 5.92 Å². The molecule has 0 spiro atoms. The van der Waals surface area contributed by atoms with E-state index in [2.05, 4.69) is 12.2 Å². The van der Waals surface area contributed by atoms with Crippen LogP contribution in [-0.2, 0) is 9.59 Å². The van der Waals surface area contributed by atoms with Crippen LogP contribution in [0.5, 0.6) is 0 Å². The molecule has 1 aliphatic heterocycles. The van der Waals surface area contributed by atoms with Crippen LogP contribution in [0.15, 0.2) is 0 Å². The Morgan fingerprint density at radius 1 is 1.21 bits per heavy atom. The van der Waals surface area contributed by atoms with E-state index in [1.807, 2.05) is 0 Å². The molecule has 0 bridgehead atoms. The van der Waals surface area contributed by atoms with E-state index in [-0.39, 0.29) is 21.9 Å². The van der Waals surface area contributed by atoms with Crippen molar-refractivity contribution in [3.05, 3.63) is 0 Å². The molecule has 2 amide bonds. The normalized spacial score (nSPS) is 17.1. The van der Waals surface area contributed by atoms with Gasteiger partial charge in [0.1, 0.15) is 0 Å². The third-order valence-electron chi connectivity index (χ3n) is 3.07. The van der Waals surface area contributed by atoms with Gasteiger partial charge in [-0.1, -0.05) is 32.0 Å². The van der Waals surface area contributed by atoms with Crippen molar-refractivity contribution in [1.82, 2.24) is 15.1 Å². The van der Waals surface area contributed by atoms with E-state index in [4.69, 9.17) is 24.4 Å². The summed E-state index contributed by atoms with van der Waals surface area (Å²) in [6.07, 6.45) is 3.16. The molecule has 106 valence electrons. The Morgan fingerprint density at radius 3 is 2.21 bits per heavy atom. The van der Waals surface area contributed by atoms with E-state index in [9.17, 15) is 9.59 Å². The van der Waals surface area contributed by atoms with Gasteiger partial charge >= 0.3 is 0 Å². The molecule has 7 heteroatoms. The van der Waals surface area contributed by atoms with E-state index in [1.54, 1.807) is 14.1 Å². The first-order chi connectivity index (χ1) is 8.91. The van der Waals surface area contributed by atoms with Gasteiger partial charge in [-0.05, 0) is 18.6 Å². The zero-order valence-corrected chi connectivity index (χ0v) is 13.1. The number of carbonyl (C=O) groups excluding carboxylic acids is 2. The maximum Gasteiger partial charge on any atom is 0.248 e. The third kappa shape index (κ3) is 3.48. The summed E-state index contributed by atoms with van der Waals surface area (Å²) in [5, 5.41) is 3.21. The van der Waals surface area contributed by atoms with Gasteiger partial charge in [-0.15, -0.1) is 0 Å². The Kier molecular flexibility index (Phi) is 5.81. The average molecular weight is 301 g/mol. The second-order valence-electron chi connectivity index (χ2n) is 4.51. The summed E-state index contributed by atoms with van der Waals surface area (Å²) in [6, 6.07) is 0. The van der Waals surface area contributed by atoms with Crippen LogP contribution in [0, 0.1) is 5.92 Å². The lowest BCUT2D eigenvalue weighted by Gasteiger charge is -2.35. The molecule has 1 N–H and O–H groups in total. The molecule has 0 aromatic rings. The molecule has 0 atom stereocenters. The fourth-order valence-electron chi connectivity index (χ4n) is 1.82. The smallest absolute Gasteiger partial charge is 0.248 e. The Balaban J connectivity index is 2.69. The van der Waals surface area contributed by atoms with Crippen LogP contribution in [0.25, 0.3) is 0 Å². The number of unbranched alkanes of at least 4 members (excludes halogenated alkanes) is 2. The van der Waals surface area contributed by atoms with Gasteiger partial charge in [0.05, 0.1) is 4.99 Å². The molecule has 0 saturated carbocycles. The molecule has 1 fully saturated rings. The number of hydrogen-bond donors (Lipinski definition) is 1. The topological polar surface area (TPSA) is 52.7 Å². The first kappa shape index (κ1) is 16.0. The molecular formula is C12H19N3O2S2. The minimum Gasteiger partial charge on any atom is -0.379 e. The maximum absolute atomic E-state index is 12.1. The highest BCUT2D eigenvalue weighted by Crippen LogP contribution is 2.16. The van der Waals surface area contributed by atoms with E-state index in [0.717, 1.165) is 19.3 Å². The summed E-state index contributed by atoms with van der Waals surface area (Å²) < 4.78 is 0. The minimum atomic E-state index is -0.946. The zero-order valence-electron chi connectivity index (χ0n) is 11.4. The Bertz CT molecular complexity index is 388. The number of carbonyl (C=O) groups is 2. The molecule has 1 rings (SSSR count). The molecule has 5 nitrogen and oxygen atoms in total. The zero-order chi connectivity index (χ0) is 14.6. The first-order valence-electron chi connectivity index (χ1n) is 6.28. The molecule has 1 heterocycles. The van der Waals surface area contributed by atoms with Gasteiger partial charge in [0.2, 0.25) is 11.8 Å². The number of thiocarbonyl (C=S) groups is 2. The average Bonchev–Trinajstić information content (AvgIpc) is 2.39. The van der Waals surface area contributed by atoms with Crippen LogP contribution in [0.1, 0.15) is 26.2 Å². The van der Waals surface area contributed by atoms with Gasteiger partial charge in [0, 0.05) is 20.6 Å². The molecular weight excluding hydrogens is 282 g/mol. The van der Waals surface area contributed by atoms with Gasteiger partial charge in [0.15, 0.2) is 11.0 Å². The van der Waals surface area contributed by atoms with Crippen LogP contribution in [0.2, 0.25) is 0 Å². The Morgan fingerprint density at radius 2 is 1.74 bits per heavy atom. The monoisotopic (exact) mass is 301 g/mol. The van der Waals surface area contributed by atoms with E-state index >= 15 is 0 Å². The summed E-state index contributed by atoms with van der Waals surface area (Å²) in [5.41, 5.74) is 0. The summed E-state index contributed by atoms with van der Waals surface area (Å²) in [7, 11) is 3.11. The van der Waals surface area contributed by atoms with Crippen molar-refractivity contribution in [2.45, 2.75) is 26.2 Å². The molecule has 0 aromatic carbocycles. The number of hydrogen-bond acceptors (Lipinski definition) is 4. The predicted molar refractivity (Wildman–Crippen MR) is 81.8 cm³/mol. The van der Waals surface area contributed by atoms with Crippen molar-refractivity contribution in [2.75, 3.05) is 20.6 Å². The second-order valence-corrected chi connectivity index (χ2v) is 5.31. The van der Waals surface area contributed by atoms with E-state index < -0.39 is 5.92 Å². The van der Waals surface area contributed by atoms with E-state index in [1.165, 1.54) is 9.80 Å². The minimum absolute atomic E-state index is 0.208. The van der Waals surface area contributed by atoms with Gasteiger partial charge in [-0.25, -0.2) is 0 Å². The lowest BCUT2D eigenvalue weighted by molar-refractivity contribution is -0.142. The molecule has 1 saturated heterocycles. The number of rotatable bonds is 5. The van der Waals surface area contributed by atoms with E-state index in [0.29, 0.717) is 6.54 Å². The van der Waals surface area contributed by atoms with Gasteiger partial charge < -0.3 is 5.32 Å². The molecule has 0 radical (unpaired) electrons. The summed E-state index contributed by atoms with van der Waals surface area (Å²) >= 11 is 10.2. The first-order valence-corrected chi connectivity index (χ1v) is 7.10. The quantitative estimate of drug-likeness (QED) is 0.465. The lowest BCUT2D eigenvalue weighted by Crippen LogP contribution is -2.60. The number of nitrogens with zero attached hydrogens (tertiary/aromatic N) is 2. The Hall–Kier alpha value is -1.08. The second kappa shape index (κ2) is 6.91. The van der Waals surface area contributed by atoms with Crippen LogP contribution in [0.3, 0.4) is 0 Å². The summed E-state index contributed by atoms with van der Waals surface area (Å²) in [4.78, 5) is 27.0.